The highest BCUT2D eigenvalue weighted by atomic mass is 35.5. The smallest absolute Gasteiger partial charge is 0.259 e. The largest absolute Gasteiger partial charge is 0.309 e. The first-order valence-corrected chi connectivity index (χ1v) is 9.86. The molecule has 6 heteroatoms. The molecule has 0 bridgehead atoms. The first-order chi connectivity index (χ1) is 13.1. The van der Waals surface area contributed by atoms with Crippen LogP contribution in [0.25, 0.3) is 20.7 Å². The highest BCUT2D eigenvalue weighted by Crippen LogP contribution is 2.30. The van der Waals surface area contributed by atoms with E-state index in [2.05, 4.69) is 22.2 Å². The van der Waals surface area contributed by atoms with Gasteiger partial charge in [0.1, 0.15) is 10.7 Å². The Balaban J connectivity index is 1.56. The minimum atomic E-state index is -0.102. The van der Waals surface area contributed by atoms with E-state index in [0.29, 0.717) is 22.8 Å². The molecule has 0 radical (unpaired) electrons. The van der Waals surface area contributed by atoms with Gasteiger partial charge in [0.25, 0.3) is 5.56 Å². The van der Waals surface area contributed by atoms with Gasteiger partial charge >= 0.3 is 0 Å². The van der Waals surface area contributed by atoms with Gasteiger partial charge in [0.15, 0.2) is 0 Å². The normalized spacial score (nSPS) is 12.4. The quantitative estimate of drug-likeness (QED) is 0.491. The molecule has 0 aliphatic rings. The van der Waals surface area contributed by atoms with Gasteiger partial charge in [-0.05, 0) is 36.2 Å². The molecule has 1 atom stereocenters. The van der Waals surface area contributed by atoms with E-state index in [1.54, 1.807) is 0 Å². The molecule has 2 aromatic carbocycles. The van der Waals surface area contributed by atoms with Gasteiger partial charge in [-0.3, -0.25) is 4.79 Å². The average molecular weight is 396 g/mol. The molecule has 0 aliphatic heterocycles. The van der Waals surface area contributed by atoms with Crippen LogP contribution < -0.4 is 10.9 Å². The van der Waals surface area contributed by atoms with E-state index in [4.69, 9.17) is 11.6 Å². The van der Waals surface area contributed by atoms with Crippen molar-refractivity contribution in [2.75, 3.05) is 0 Å². The highest BCUT2D eigenvalue weighted by Gasteiger charge is 2.11. The van der Waals surface area contributed by atoms with E-state index in [9.17, 15) is 4.79 Å². The maximum Gasteiger partial charge on any atom is 0.259 e. The number of hydrogen-bond donors (Lipinski definition) is 2. The molecular weight excluding hydrogens is 378 g/mol. The fraction of sp³-hybridized carbons (Fsp3) is 0.143. The number of aromatic amines is 1. The van der Waals surface area contributed by atoms with Gasteiger partial charge in [-0.25, -0.2) is 4.98 Å². The van der Waals surface area contributed by atoms with Crippen LogP contribution in [0, 0.1) is 0 Å². The number of H-pyrrole nitrogens is 1. The van der Waals surface area contributed by atoms with Crippen molar-refractivity contribution in [1.29, 1.82) is 0 Å². The van der Waals surface area contributed by atoms with E-state index in [1.165, 1.54) is 11.3 Å². The predicted octanol–water partition coefficient (Wildman–Crippen LogP) is 5.16. The van der Waals surface area contributed by atoms with Gasteiger partial charge in [0, 0.05) is 15.9 Å². The molecule has 2 heterocycles. The molecule has 0 saturated heterocycles. The van der Waals surface area contributed by atoms with Crippen LogP contribution in [0.5, 0.6) is 0 Å². The molecule has 2 aromatic heterocycles. The van der Waals surface area contributed by atoms with Crippen molar-refractivity contribution >= 4 is 33.2 Å². The minimum Gasteiger partial charge on any atom is -0.309 e. The first-order valence-electron chi connectivity index (χ1n) is 8.67. The number of fused-ring (bicyclic) bond motifs is 1. The van der Waals surface area contributed by atoms with Crippen LogP contribution in [0.4, 0.5) is 0 Å². The zero-order chi connectivity index (χ0) is 18.8. The predicted molar refractivity (Wildman–Crippen MR) is 112 cm³/mol. The summed E-state index contributed by atoms with van der Waals surface area (Å²) in [5, 5.41) is 4.74. The molecule has 0 unspecified atom stereocenters. The van der Waals surface area contributed by atoms with Gasteiger partial charge in [0.05, 0.1) is 11.9 Å². The summed E-state index contributed by atoms with van der Waals surface area (Å²) in [5.74, 6) is 0.634. The van der Waals surface area contributed by atoms with Crippen molar-refractivity contribution in [3.63, 3.8) is 0 Å². The molecule has 2 N–H and O–H groups in total. The second kappa shape index (κ2) is 7.64. The topological polar surface area (TPSA) is 57.8 Å². The Kier molecular flexibility index (Phi) is 5.07. The summed E-state index contributed by atoms with van der Waals surface area (Å²) in [6.45, 7) is 2.55. The van der Waals surface area contributed by atoms with Crippen molar-refractivity contribution < 1.29 is 0 Å². The summed E-state index contributed by atoms with van der Waals surface area (Å²) in [5.41, 5.74) is 2.12. The number of rotatable bonds is 5. The van der Waals surface area contributed by atoms with Crippen LogP contribution in [-0.2, 0) is 6.54 Å². The number of aromatic nitrogens is 2. The van der Waals surface area contributed by atoms with Crippen molar-refractivity contribution in [2.24, 2.45) is 0 Å². The Bertz CT molecular complexity index is 1120. The number of halogens is 1. The lowest BCUT2D eigenvalue weighted by Gasteiger charge is -2.13. The molecule has 0 aliphatic carbocycles. The Hall–Kier alpha value is -2.47. The summed E-state index contributed by atoms with van der Waals surface area (Å²) >= 11 is 7.48. The molecule has 0 amide bonds. The molecule has 4 aromatic rings. The monoisotopic (exact) mass is 395 g/mol. The zero-order valence-corrected chi connectivity index (χ0v) is 16.3. The van der Waals surface area contributed by atoms with Gasteiger partial charge < -0.3 is 10.3 Å². The molecule has 4 nitrogen and oxygen atoms in total. The van der Waals surface area contributed by atoms with Crippen LogP contribution in [0.2, 0.25) is 5.02 Å². The second-order valence-corrected chi connectivity index (χ2v) is 7.83. The Morgan fingerprint density at radius 1 is 1.15 bits per heavy atom. The SMILES string of the molecule is C[C@H](NCc1nc2sc(-c3ccccc3)cc2c(=O)[nH]1)c1ccc(Cl)cc1. The number of nitrogens with zero attached hydrogens (tertiary/aromatic N) is 1. The minimum absolute atomic E-state index is 0.102. The van der Waals surface area contributed by atoms with Gasteiger partial charge in [0.2, 0.25) is 0 Å². The maximum atomic E-state index is 12.5. The lowest BCUT2D eigenvalue weighted by molar-refractivity contribution is 0.559. The van der Waals surface area contributed by atoms with Gasteiger partial charge in [-0.15, -0.1) is 11.3 Å². The number of hydrogen-bond acceptors (Lipinski definition) is 4. The van der Waals surface area contributed by atoms with Crippen molar-refractivity contribution in [1.82, 2.24) is 15.3 Å². The zero-order valence-electron chi connectivity index (χ0n) is 14.7. The van der Waals surface area contributed by atoms with Crippen LogP contribution in [0.1, 0.15) is 24.4 Å². The Labute approximate surface area is 165 Å². The second-order valence-electron chi connectivity index (χ2n) is 6.36. The van der Waals surface area contributed by atoms with Crippen LogP contribution in [-0.4, -0.2) is 9.97 Å². The van der Waals surface area contributed by atoms with E-state index >= 15 is 0 Å². The van der Waals surface area contributed by atoms with E-state index < -0.39 is 0 Å². The van der Waals surface area contributed by atoms with E-state index in [-0.39, 0.29) is 11.6 Å². The maximum absolute atomic E-state index is 12.5. The first kappa shape index (κ1) is 17.9. The van der Waals surface area contributed by atoms with E-state index in [0.717, 1.165) is 20.8 Å². The number of thiophene rings is 1. The van der Waals surface area contributed by atoms with Crippen LogP contribution >= 0.6 is 22.9 Å². The lowest BCUT2D eigenvalue weighted by atomic mass is 10.1. The molecule has 4 rings (SSSR count). The highest BCUT2D eigenvalue weighted by molar-refractivity contribution is 7.21. The Morgan fingerprint density at radius 3 is 2.63 bits per heavy atom. The number of benzene rings is 2. The van der Waals surface area contributed by atoms with Crippen molar-refractivity contribution in [2.45, 2.75) is 19.5 Å². The van der Waals surface area contributed by atoms with Crippen molar-refractivity contribution in [3.8, 4) is 10.4 Å². The third-order valence-corrected chi connectivity index (χ3v) is 5.79. The Morgan fingerprint density at radius 2 is 1.89 bits per heavy atom. The summed E-state index contributed by atoms with van der Waals surface area (Å²) < 4.78 is 0. The molecular formula is C21H18ClN3OS. The summed E-state index contributed by atoms with van der Waals surface area (Å²) in [6, 6.07) is 19.8. The molecule has 0 saturated carbocycles. The average Bonchev–Trinajstić information content (AvgIpc) is 3.12. The van der Waals surface area contributed by atoms with Crippen LogP contribution in [0.15, 0.2) is 65.5 Å². The third-order valence-electron chi connectivity index (χ3n) is 4.46. The van der Waals surface area contributed by atoms with Crippen LogP contribution in [0.3, 0.4) is 0 Å². The summed E-state index contributed by atoms with van der Waals surface area (Å²) in [4.78, 5) is 21.8. The fourth-order valence-electron chi connectivity index (χ4n) is 2.92. The molecule has 136 valence electrons. The number of nitrogens with one attached hydrogen (secondary N) is 2. The molecule has 0 fully saturated rings. The lowest BCUT2D eigenvalue weighted by Crippen LogP contribution is -2.21. The van der Waals surface area contributed by atoms with Crippen molar-refractivity contribution in [3.05, 3.63) is 87.4 Å². The summed E-state index contributed by atoms with van der Waals surface area (Å²) in [7, 11) is 0. The molecule has 0 spiro atoms. The van der Waals surface area contributed by atoms with Gasteiger partial charge in [-0.2, -0.15) is 0 Å². The summed E-state index contributed by atoms with van der Waals surface area (Å²) in [6.07, 6.45) is 0. The third kappa shape index (κ3) is 3.95. The van der Waals surface area contributed by atoms with Gasteiger partial charge in [-0.1, -0.05) is 54.1 Å². The van der Waals surface area contributed by atoms with E-state index in [1.807, 2.05) is 60.7 Å². The fourth-order valence-corrected chi connectivity index (χ4v) is 4.11. The molecule has 27 heavy (non-hydrogen) atoms. The standard InChI is InChI=1S/C21H18ClN3OS/c1-13(14-7-9-16(22)10-8-14)23-12-19-24-20(26)17-11-18(27-21(17)25-19)15-5-3-2-4-6-15/h2-11,13,23H,12H2,1H3,(H,24,25,26)/t13-/m0/s1.